The van der Waals surface area contributed by atoms with Gasteiger partial charge in [0.1, 0.15) is 23.0 Å². The van der Waals surface area contributed by atoms with E-state index in [2.05, 4.69) is 82.3 Å². The van der Waals surface area contributed by atoms with E-state index in [9.17, 15) is 0 Å². The molecule has 0 unspecified atom stereocenters. The van der Waals surface area contributed by atoms with E-state index < -0.39 is 0 Å². The fraction of sp³-hybridized carbons (Fsp3) is 0.172. The molecule has 0 fully saturated rings. The Morgan fingerprint density at radius 1 is 0.484 bits per heavy atom. The van der Waals surface area contributed by atoms with E-state index >= 15 is 0 Å². The minimum Gasteiger partial charge on any atom is -0.457 e. The maximum Gasteiger partial charge on any atom is 0.127 e. The lowest BCUT2D eigenvalue weighted by atomic mass is 9.78. The van der Waals surface area contributed by atoms with Crippen molar-refractivity contribution in [3.05, 3.63) is 119 Å². The summed E-state index contributed by atoms with van der Waals surface area (Å²) in [5.74, 6) is 3.37. The molecule has 0 radical (unpaired) electrons. The minimum absolute atomic E-state index is 0.172. The van der Waals surface area contributed by atoms with Crippen molar-refractivity contribution in [1.82, 2.24) is 0 Å². The predicted molar refractivity (Wildman–Crippen MR) is 128 cm³/mol. The highest BCUT2D eigenvalue weighted by Gasteiger charge is 2.23. The van der Waals surface area contributed by atoms with Gasteiger partial charge in [0, 0.05) is 5.41 Å². The molecule has 2 heteroatoms. The standard InChI is InChI=1S/C29H28O2/c1-21-8-14-25(15-9-21)30-27-18-12-23(13-19-27)29(3,4)24-6-5-7-28(20-24)31-26-16-10-22(2)11-17-26/h5-20H,1-4H3. The molecule has 31 heavy (non-hydrogen) atoms. The zero-order valence-corrected chi connectivity index (χ0v) is 18.6. The summed E-state index contributed by atoms with van der Waals surface area (Å²) in [5.41, 5.74) is 4.69. The second kappa shape index (κ2) is 8.69. The number of hydrogen-bond donors (Lipinski definition) is 0. The van der Waals surface area contributed by atoms with E-state index in [1.54, 1.807) is 0 Å². The highest BCUT2D eigenvalue weighted by Crippen LogP contribution is 2.35. The average molecular weight is 409 g/mol. The second-order valence-electron chi connectivity index (χ2n) is 8.51. The van der Waals surface area contributed by atoms with Crippen LogP contribution in [0.5, 0.6) is 23.0 Å². The lowest BCUT2D eigenvalue weighted by Gasteiger charge is -2.27. The summed E-state index contributed by atoms with van der Waals surface area (Å²) in [7, 11) is 0. The van der Waals surface area contributed by atoms with Gasteiger partial charge in [-0.2, -0.15) is 0 Å². The third kappa shape index (κ3) is 4.97. The number of rotatable bonds is 6. The van der Waals surface area contributed by atoms with Gasteiger partial charge in [-0.25, -0.2) is 0 Å². The van der Waals surface area contributed by atoms with Crippen molar-refractivity contribution in [2.75, 3.05) is 0 Å². The topological polar surface area (TPSA) is 18.5 Å². The van der Waals surface area contributed by atoms with Crippen molar-refractivity contribution in [2.45, 2.75) is 33.1 Å². The summed E-state index contributed by atoms with van der Waals surface area (Å²) in [4.78, 5) is 0. The van der Waals surface area contributed by atoms with Gasteiger partial charge < -0.3 is 9.47 Å². The van der Waals surface area contributed by atoms with Gasteiger partial charge in [-0.3, -0.25) is 0 Å². The van der Waals surface area contributed by atoms with Crippen LogP contribution in [0.4, 0.5) is 0 Å². The number of benzene rings is 4. The molecule has 4 aromatic rings. The first-order chi connectivity index (χ1) is 14.9. The Balaban J connectivity index is 1.52. The van der Waals surface area contributed by atoms with E-state index in [1.165, 1.54) is 22.3 Å². The molecule has 0 bridgehead atoms. The van der Waals surface area contributed by atoms with Gasteiger partial charge in [0.05, 0.1) is 0 Å². The van der Waals surface area contributed by atoms with Gasteiger partial charge in [0.15, 0.2) is 0 Å². The van der Waals surface area contributed by atoms with Crippen molar-refractivity contribution >= 4 is 0 Å². The largest absolute Gasteiger partial charge is 0.457 e. The molecule has 0 aliphatic carbocycles. The van der Waals surface area contributed by atoms with Crippen LogP contribution in [0.1, 0.15) is 36.1 Å². The molecule has 0 aromatic heterocycles. The maximum atomic E-state index is 6.08. The van der Waals surface area contributed by atoms with Crippen molar-refractivity contribution < 1.29 is 9.47 Å². The Morgan fingerprint density at radius 2 is 0.935 bits per heavy atom. The fourth-order valence-electron chi connectivity index (χ4n) is 3.54. The van der Waals surface area contributed by atoms with E-state index in [-0.39, 0.29) is 5.41 Å². The number of aryl methyl sites for hydroxylation is 2. The zero-order chi connectivity index (χ0) is 21.8. The molecule has 2 nitrogen and oxygen atoms in total. The molecule has 0 saturated carbocycles. The molecule has 156 valence electrons. The third-order valence-electron chi connectivity index (χ3n) is 5.65. The van der Waals surface area contributed by atoms with E-state index in [4.69, 9.17) is 9.47 Å². The highest BCUT2D eigenvalue weighted by molar-refractivity contribution is 5.44. The molecular weight excluding hydrogens is 380 g/mol. The summed E-state index contributed by atoms with van der Waals surface area (Å²) >= 11 is 0. The Kier molecular flexibility index (Phi) is 5.81. The molecule has 0 spiro atoms. The minimum atomic E-state index is -0.172. The zero-order valence-electron chi connectivity index (χ0n) is 18.6. The normalized spacial score (nSPS) is 11.2. The van der Waals surface area contributed by atoms with Crippen LogP contribution in [0.15, 0.2) is 97.1 Å². The van der Waals surface area contributed by atoms with E-state index in [1.807, 2.05) is 42.5 Å². The third-order valence-corrected chi connectivity index (χ3v) is 5.65. The summed E-state index contributed by atoms with van der Waals surface area (Å²) in [5, 5.41) is 0. The van der Waals surface area contributed by atoms with Crippen LogP contribution in [0.25, 0.3) is 0 Å². The highest BCUT2D eigenvalue weighted by atomic mass is 16.5. The molecule has 4 rings (SSSR count). The van der Waals surface area contributed by atoms with Crippen LogP contribution < -0.4 is 9.47 Å². The Labute approximate surface area is 185 Å². The van der Waals surface area contributed by atoms with Crippen LogP contribution in [-0.4, -0.2) is 0 Å². The van der Waals surface area contributed by atoms with Crippen LogP contribution in [-0.2, 0) is 5.41 Å². The summed E-state index contributed by atoms with van der Waals surface area (Å²) in [6.07, 6.45) is 0. The van der Waals surface area contributed by atoms with E-state index in [0.717, 1.165) is 23.0 Å². The Hall–Kier alpha value is -3.52. The van der Waals surface area contributed by atoms with Gasteiger partial charge >= 0.3 is 0 Å². The first-order valence-corrected chi connectivity index (χ1v) is 10.6. The van der Waals surface area contributed by atoms with Crippen LogP contribution in [0.3, 0.4) is 0 Å². The summed E-state index contributed by atoms with van der Waals surface area (Å²) < 4.78 is 12.1. The molecule has 0 heterocycles. The first-order valence-electron chi connectivity index (χ1n) is 10.6. The van der Waals surface area contributed by atoms with Crippen LogP contribution >= 0.6 is 0 Å². The monoisotopic (exact) mass is 408 g/mol. The summed E-state index contributed by atoms with van der Waals surface area (Å²) in [6.45, 7) is 8.60. The quantitative estimate of drug-likeness (QED) is 0.320. The number of hydrogen-bond acceptors (Lipinski definition) is 2. The maximum absolute atomic E-state index is 6.08. The van der Waals surface area contributed by atoms with Gasteiger partial charge in [-0.15, -0.1) is 0 Å². The lowest BCUT2D eigenvalue weighted by molar-refractivity contribution is 0.478. The van der Waals surface area contributed by atoms with Crippen LogP contribution in [0.2, 0.25) is 0 Å². The average Bonchev–Trinajstić information content (AvgIpc) is 2.78. The molecule has 0 atom stereocenters. The predicted octanol–water partition coefficient (Wildman–Crippen LogP) is 8.21. The smallest absolute Gasteiger partial charge is 0.127 e. The molecular formula is C29H28O2. The number of ether oxygens (including phenoxy) is 2. The van der Waals surface area contributed by atoms with E-state index in [0.29, 0.717) is 0 Å². The van der Waals surface area contributed by atoms with Gasteiger partial charge in [0.25, 0.3) is 0 Å². The molecule has 0 aliphatic rings. The van der Waals surface area contributed by atoms with Gasteiger partial charge in [-0.1, -0.05) is 73.5 Å². The van der Waals surface area contributed by atoms with Gasteiger partial charge in [0.2, 0.25) is 0 Å². The lowest BCUT2D eigenvalue weighted by Crippen LogP contribution is -2.18. The Morgan fingerprint density at radius 3 is 1.45 bits per heavy atom. The molecule has 4 aromatic carbocycles. The molecule has 0 N–H and O–H groups in total. The van der Waals surface area contributed by atoms with Crippen molar-refractivity contribution in [3.8, 4) is 23.0 Å². The fourth-order valence-corrected chi connectivity index (χ4v) is 3.54. The Bertz CT molecular complexity index is 1140. The SMILES string of the molecule is Cc1ccc(Oc2ccc(C(C)(C)c3cccc(Oc4ccc(C)cc4)c3)cc2)cc1. The van der Waals surface area contributed by atoms with Gasteiger partial charge in [-0.05, 0) is 73.5 Å². The molecule has 0 aliphatic heterocycles. The second-order valence-corrected chi connectivity index (χ2v) is 8.51. The van der Waals surface area contributed by atoms with Crippen molar-refractivity contribution in [3.63, 3.8) is 0 Å². The van der Waals surface area contributed by atoms with Crippen LogP contribution in [0, 0.1) is 13.8 Å². The molecule has 0 saturated heterocycles. The molecule has 0 amide bonds. The van der Waals surface area contributed by atoms with Crippen molar-refractivity contribution in [2.24, 2.45) is 0 Å². The van der Waals surface area contributed by atoms with Crippen molar-refractivity contribution in [1.29, 1.82) is 0 Å². The first kappa shape index (κ1) is 20.7. The summed E-state index contributed by atoms with van der Waals surface area (Å²) in [6, 6.07) is 32.9.